The molecule has 0 N–H and O–H groups in total. The Kier molecular flexibility index (Phi) is 8.59. The van der Waals surface area contributed by atoms with E-state index in [1.807, 2.05) is 56.8 Å². The van der Waals surface area contributed by atoms with Crippen LogP contribution < -0.4 is 0 Å². The topological polar surface area (TPSA) is 88.5 Å². The number of fused-ring (bicyclic) bond motifs is 1. The Bertz CT molecular complexity index is 1250. The Morgan fingerprint density at radius 3 is 2.44 bits per heavy atom. The Hall–Kier alpha value is -3.07. The molecule has 1 fully saturated rings. The number of benzene rings is 1. The van der Waals surface area contributed by atoms with E-state index in [9.17, 15) is 14.4 Å². The van der Waals surface area contributed by atoms with E-state index in [2.05, 4.69) is 18.2 Å². The fraction of sp³-hybridized carbons (Fsp3) is 0.533. The van der Waals surface area contributed by atoms with Crippen molar-refractivity contribution in [2.45, 2.75) is 79.4 Å². The van der Waals surface area contributed by atoms with Crippen LogP contribution in [0.2, 0.25) is 0 Å². The number of ether oxygens (including phenoxy) is 2. The number of amides is 1. The van der Waals surface area contributed by atoms with E-state index in [4.69, 9.17) is 14.5 Å². The van der Waals surface area contributed by atoms with Crippen LogP contribution in [0.1, 0.15) is 76.6 Å². The van der Waals surface area contributed by atoms with Gasteiger partial charge < -0.3 is 19.3 Å². The second-order valence-electron chi connectivity index (χ2n) is 11.3. The van der Waals surface area contributed by atoms with E-state index in [-0.39, 0.29) is 24.2 Å². The van der Waals surface area contributed by atoms with Crippen LogP contribution in [-0.2, 0) is 23.9 Å². The van der Waals surface area contributed by atoms with Gasteiger partial charge in [0.25, 0.3) is 0 Å². The van der Waals surface area contributed by atoms with E-state index in [0.29, 0.717) is 43.8 Å². The van der Waals surface area contributed by atoms with E-state index in [1.54, 1.807) is 6.92 Å². The van der Waals surface area contributed by atoms with Crippen LogP contribution in [0.15, 0.2) is 45.6 Å². The molecule has 3 aliphatic heterocycles. The van der Waals surface area contributed by atoms with E-state index in [1.165, 1.54) is 11.8 Å². The molecule has 210 valence electrons. The first-order valence-electron chi connectivity index (χ1n) is 13.6. The number of esters is 2. The lowest BCUT2D eigenvalue weighted by Crippen LogP contribution is -2.42. The van der Waals surface area contributed by atoms with Gasteiger partial charge in [0.1, 0.15) is 5.60 Å². The zero-order valence-electron chi connectivity index (χ0n) is 24.0. The number of aliphatic imine (C=N–C) groups is 1. The van der Waals surface area contributed by atoms with Crippen molar-refractivity contribution in [2.75, 3.05) is 19.7 Å². The molecular formula is C30H39N3O5S. The smallest absolute Gasteiger partial charge is 0.338 e. The number of allylic oxidation sites excluding steroid dienone is 1. The maximum absolute atomic E-state index is 13.6. The van der Waals surface area contributed by atoms with Crippen molar-refractivity contribution in [2.24, 2.45) is 10.9 Å². The first-order valence-corrected chi connectivity index (χ1v) is 14.5. The number of aryl methyl sites for hydroxylation is 2. The van der Waals surface area contributed by atoms with Crippen LogP contribution in [-0.4, -0.2) is 58.1 Å². The lowest BCUT2D eigenvalue weighted by atomic mass is 9.89. The lowest BCUT2D eigenvalue weighted by molar-refractivity contribution is -0.151. The van der Waals surface area contributed by atoms with Crippen LogP contribution in [0.5, 0.6) is 0 Å². The van der Waals surface area contributed by atoms with Crippen LogP contribution in [0, 0.1) is 19.8 Å². The zero-order chi connectivity index (χ0) is 28.5. The molecular weight excluding hydrogens is 514 g/mol. The van der Waals surface area contributed by atoms with Gasteiger partial charge in [-0.25, -0.2) is 9.79 Å². The first-order chi connectivity index (χ1) is 18.4. The average Bonchev–Trinajstić information content (AvgIpc) is 3.25. The third kappa shape index (κ3) is 6.40. The summed E-state index contributed by atoms with van der Waals surface area (Å²) in [7, 11) is 0. The molecule has 3 aliphatic rings. The predicted octanol–water partition coefficient (Wildman–Crippen LogP) is 5.41. The number of hydrogen-bond donors (Lipinski definition) is 0. The summed E-state index contributed by atoms with van der Waals surface area (Å²) >= 11 is 1.47. The third-order valence-electron chi connectivity index (χ3n) is 7.15. The van der Waals surface area contributed by atoms with Crippen LogP contribution in [0.3, 0.4) is 0 Å². The van der Waals surface area contributed by atoms with Gasteiger partial charge in [-0.2, -0.15) is 0 Å². The molecule has 1 aromatic carbocycles. The molecule has 0 spiro atoms. The van der Waals surface area contributed by atoms with E-state index in [0.717, 1.165) is 27.6 Å². The van der Waals surface area contributed by atoms with Crippen molar-refractivity contribution in [3.05, 3.63) is 57.3 Å². The maximum atomic E-state index is 13.6. The molecule has 0 aromatic heterocycles. The molecule has 1 saturated heterocycles. The Balaban J connectivity index is 1.61. The molecule has 39 heavy (non-hydrogen) atoms. The Labute approximate surface area is 235 Å². The average molecular weight is 554 g/mol. The van der Waals surface area contributed by atoms with Crippen molar-refractivity contribution in [3.63, 3.8) is 0 Å². The largest absolute Gasteiger partial charge is 0.466 e. The number of piperidine rings is 1. The minimum atomic E-state index is -0.662. The fourth-order valence-corrected chi connectivity index (χ4v) is 6.17. The van der Waals surface area contributed by atoms with E-state index < -0.39 is 17.6 Å². The van der Waals surface area contributed by atoms with Gasteiger partial charge in [0.2, 0.25) is 5.91 Å². The minimum absolute atomic E-state index is 0.00443. The van der Waals surface area contributed by atoms with Crippen molar-refractivity contribution in [3.8, 4) is 0 Å². The number of rotatable bonds is 6. The van der Waals surface area contributed by atoms with Gasteiger partial charge in [-0.15, -0.1) is 0 Å². The normalized spacial score (nSPS) is 19.9. The second kappa shape index (κ2) is 11.6. The number of thioether (sulfide) groups is 1. The highest BCUT2D eigenvalue weighted by atomic mass is 32.2. The quantitative estimate of drug-likeness (QED) is 0.435. The third-order valence-corrected chi connectivity index (χ3v) is 8.04. The molecule has 1 unspecified atom stereocenters. The summed E-state index contributed by atoms with van der Waals surface area (Å²) in [6, 6.07) is 5.75. The van der Waals surface area contributed by atoms with Crippen molar-refractivity contribution >= 4 is 34.8 Å². The Morgan fingerprint density at radius 1 is 1.10 bits per heavy atom. The highest BCUT2D eigenvalue weighted by molar-refractivity contribution is 8.16. The number of carbonyl (C=O) groups is 3. The van der Waals surface area contributed by atoms with Crippen molar-refractivity contribution in [1.29, 1.82) is 0 Å². The number of carbonyl (C=O) groups excluding carboxylic acids is 3. The van der Waals surface area contributed by atoms with Gasteiger partial charge in [0, 0.05) is 18.8 Å². The van der Waals surface area contributed by atoms with E-state index >= 15 is 0 Å². The van der Waals surface area contributed by atoms with Gasteiger partial charge in [-0.3, -0.25) is 9.59 Å². The summed E-state index contributed by atoms with van der Waals surface area (Å²) in [5.74, 6) is -0.747. The van der Waals surface area contributed by atoms with Gasteiger partial charge in [-0.1, -0.05) is 35.5 Å². The van der Waals surface area contributed by atoms with Gasteiger partial charge in [-0.05, 0) is 77.8 Å². The lowest BCUT2D eigenvalue weighted by Gasteiger charge is -2.38. The Morgan fingerprint density at radius 2 is 1.79 bits per heavy atom. The minimum Gasteiger partial charge on any atom is -0.466 e. The molecule has 0 bridgehead atoms. The molecule has 8 nitrogen and oxygen atoms in total. The number of amidine groups is 1. The van der Waals surface area contributed by atoms with Crippen LogP contribution in [0.4, 0.5) is 0 Å². The van der Waals surface area contributed by atoms with Gasteiger partial charge in [0.05, 0.1) is 36.3 Å². The van der Waals surface area contributed by atoms with Crippen LogP contribution in [0.25, 0.3) is 0 Å². The summed E-state index contributed by atoms with van der Waals surface area (Å²) in [5, 5.41) is 2.71. The maximum Gasteiger partial charge on any atom is 0.338 e. The molecule has 3 heterocycles. The molecule has 0 aliphatic carbocycles. The first kappa shape index (κ1) is 28.9. The monoisotopic (exact) mass is 553 g/mol. The van der Waals surface area contributed by atoms with Crippen LogP contribution >= 0.6 is 11.8 Å². The summed E-state index contributed by atoms with van der Waals surface area (Å²) in [5.41, 5.74) is 4.36. The summed E-state index contributed by atoms with van der Waals surface area (Å²) in [6.45, 7) is 14.7. The molecule has 4 rings (SSSR count). The molecule has 0 radical (unpaired) electrons. The van der Waals surface area contributed by atoms with Gasteiger partial charge in [0.15, 0.2) is 5.17 Å². The van der Waals surface area contributed by atoms with Gasteiger partial charge >= 0.3 is 11.9 Å². The summed E-state index contributed by atoms with van der Waals surface area (Å²) in [6.07, 6.45) is 1.38. The molecule has 9 heteroatoms. The molecule has 1 amide bonds. The summed E-state index contributed by atoms with van der Waals surface area (Å²) < 4.78 is 11.0. The zero-order valence-corrected chi connectivity index (χ0v) is 24.8. The molecule has 1 atom stereocenters. The van der Waals surface area contributed by atoms with Crippen molar-refractivity contribution in [1.82, 2.24) is 9.80 Å². The molecule has 0 saturated carbocycles. The highest BCUT2D eigenvalue weighted by Gasteiger charge is 2.43. The summed E-state index contributed by atoms with van der Waals surface area (Å²) in [4.78, 5) is 47.8. The van der Waals surface area contributed by atoms with Crippen molar-refractivity contribution < 1.29 is 23.9 Å². The standard InChI is InChI=1S/C30H39N3O5S/c1-8-37-27(35)21-11-13-32(14-12-21)24(34)16-22-17-39-29-31-20(4)25(28(36)38-30(5,6)7)26(33(22)29)23-15-18(2)9-10-19(23)3/h9-10,15,17,21,26H,8,11-14,16H2,1-7H3. The molecule has 1 aromatic rings. The predicted molar refractivity (Wildman–Crippen MR) is 153 cm³/mol. The number of hydrogen-bond acceptors (Lipinski definition) is 8. The SMILES string of the molecule is CCOC(=O)C1CCN(C(=O)CC2=CSC3=NC(C)=C(C(=O)OC(C)(C)C)C(c4cc(C)ccc4C)N23)CC1. The highest BCUT2D eigenvalue weighted by Crippen LogP contribution is 2.46. The number of nitrogens with zero attached hydrogens (tertiary/aromatic N) is 3. The fourth-order valence-electron chi connectivity index (χ4n) is 5.20. The second-order valence-corrected chi connectivity index (χ2v) is 12.2. The number of likely N-dealkylation sites (tertiary alicyclic amines) is 1.